The third kappa shape index (κ3) is 3.05. The molecule has 0 unspecified atom stereocenters. The number of halogens is 3. The largest absolute Gasteiger partial charge is 0.462 e. The van der Waals surface area contributed by atoms with Crippen LogP contribution >= 0.6 is 23.2 Å². The second-order valence-electron chi connectivity index (χ2n) is 7.21. The van der Waals surface area contributed by atoms with Crippen LogP contribution < -0.4 is 11.1 Å². The highest BCUT2D eigenvalue weighted by atomic mass is 35.5. The molecule has 1 aliphatic carbocycles. The van der Waals surface area contributed by atoms with E-state index in [4.69, 9.17) is 33.7 Å². The Hall–Kier alpha value is -2.64. The summed E-state index contributed by atoms with van der Waals surface area (Å²) in [5.74, 6) is 0.466. The summed E-state index contributed by atoms with van der Waals surface area (Å²) < 4.78 is 19.8. The Balaban J connectivity index is 1.57. The highest BCUT2D eigenvalue weighted by Crippen LogP contribution is 2.54. The fraction of sp³-hybridized carbons (Fsp3) is 0.250. The number of nitrogens with zero attached hydrogens (tertiary/aromatic N) is 3. The van der Waals surface area contributed by atoms with Crippen molar-refractivity contribution in [3.05, 3.63) is 58.3 Å². The van der Waals surface area contributed by atoms with Gasteiger partial charge >= 0.3 is 0 Å². The van der Waals surface area contributed by atoms with Crippen LogP contribution in [0.15, 0.2) is 47.7 Å². The summed E-state index contributed by atoms with van der Waals surface area (Å²) in [6, 6.07) is 8.94. The quantitative estimate of drug-likeness (QED) is 0.631. The molecule has 9 heteroatoms. The van der Waals surface area contributed by atoms with Gasteiger partial charge in [0.1, 0.15) is 23.8 Å². The molecule has 3 aromatic rings. The zero-order valence-electron chi connectivity index (χ0n) is 15.1. The molecule has 0 spiro atoms. The van der Waals surface area contributed by atoms with Gasteiger partial charge in [0, 0.05) is 40.0 Å². The Kier molecular flexibility index (Phi) is 4.26. The summed E-state index contributed by atoms with van der Waals surface area (Å²) in [6.45, 7) is -0.714. The monoisotopic (exact) mass is 431 g/mol. The molecular weight excluding hydrogens is 416 g/mol. The molecule has 0 bridgehead atoms. The molecule has 5 rings (SSSR count). The van der Waals surface area contributed by atoms with E-state index in [9.17, 15) is 4.39 Å². The lowest BCUT2D eigenvalue weighted by Gasteiger charge is -2.32. The fourth-order valence-corrected chi connectivity index (χ4v) is 4.37. The zero-order valence-corrected chi connectivity index (χ0v) is 16.6. The summed E-state index contributed by atoms with van der Waals surface area (Å²) in [5, 5.41) is 5.07. The van der Waals surface area contributed by atoms with Crippen LogP contribution in [0.4, 0.5) is 15.9 Å². The molecule has 1 aliphatic heterocycles. The summed E-state index contributed by atoms with van der Waals surface area (Å²) in [7, 11) is 0. The number of aromatic nitrogens is 2. The zero-order chi connectivity index (χ0) is 20.2. The van der Waals surface area contributed by atoms with Crippen molar-refractivity contribution in [3.8, 4) is 0 Å². The number of ether oxygens (including phenoxy) is 1. The number of rotatable bonds is 4. The molecule has 148 valence electrons. The topological polar surface area (TPSA) is 85.4 Å². The number of nitrogens with two attached hydrogens (primary N) is 1. The van der Waals surface area contributed by atoms with E-state index in [1.54, 1.807) is 30.6 Å². The van der Waals surface area contributed by atoms with E-state index in [0.717, 1.165) is 5.39 Å². The number of aliphatic imine (C=N–C) groups is 1. The minimum Gasteiger partial charge on any atom is -0.462 e. The highest BCUT2D eigenvalue weighted by molar-refractivity contribution is 6.31. The molecule has 29 heavy (non-hydrogen) atoms. The first-order chi connectivity index (χ1) is 14.0. The molecule has 1 fully saturated rings. The van der Waals surface area contributed by atoms with E-state index < -0.39 is 12.2 Å². The number of alkyl halides is 1. The van der Waals surface area contributed by atoms with Crippen LogP contribution in [0, 0.1) is 5.92 Å². The Morgan fingerprint density at radius 1 is 1.24 bits per heavy atom. The van der Waals surface area contributed by atoms with Crippen molar-refractivity contribution in [1.82, 2.24) is 9.97 Å². The van der Waals surface area contributed by atoms with Gasteiger partial charge in [0.05, 0.1) is 5.02 Å². The first-order valence-electron chi connectivity index (χ1n) is 9.05. The average Bonchev–Trinajstić information content (AvgIpc) is 3.48. The lowest BCUT2D eigenvalue weighted by molar-refractivity contribution is 0.171. The molecule has 2 aliphatic rings. The van der Waals surface area contributed by atoms with E-state index in [1.807, 2.05) is 12.1 Å². The van der Waals surface area contributed by atoms with Crippen LogP contribution in [-0.4, -0.2) is 28.8 Å². The van der Waals surface area contributed by atoms with Crippen molar-refractivity contribution in [2.75, 3.05) is 12.0 Å². The van der Waals surface area contributed by atoms with Crippen LogP contribution in [0.25, 0.3) is 10.9 Å². The van der Waals surface area contributed by atoms with E-state index in [0.29, 0.717) is 39.1 Å². The number of hydrogen-bond donors (Lipinski definition) is 2. The number of amidine groups is 1. The number of pyridine rings is 2. The number of fused-ring (bicyclic) bond motifs is 2. The average molecular weight is 432 g/mol. The molecule has 1 saturated carbocycles. The Morgan fingerprint density at radius 3 is 2.93 bits per heavy atom. The molecule has 0 amide bonds. The first kappa shape index (κ1) is 18.4. The Morgan fingerprint density at radius 2 is 2.10 bits per heavy atom. The number of anilines is 2. The van der Waals surface area contributed by atoms with Gasteiger partial charge in [-0.2, -0.15) is 0 Å². The summed E-state index contributed by atoms with van der Waals surface area (Å²) in [6.07, 6.45) is 3.80. The summed E-state index contributed by atoms with van der Waals surface area (Å²) in [5.41, 5.74) is 6.59. The van der Waals surface area contributed by atoms with Gasteiger partial charge < -0.3 is 15.8 Å². The third-order valence-electron chi connectivity index (χ3n) is 5.39. The van der Waals surface area contributed by atoms with Gasteiger partial charge in [-0.1, -0.05) is 23.2 Å². The second-order valence-corrected chi connectivity index (χ2v) is 8.05. The highest BCUT2D eigenvalue weighted by Gasteiger charge is 2.59. The van der Waals surface area contributed by atoms with E-state index in [-0.39, 0.29) is 18.0 Å². The SMILES string of the molecule is NC1=N[C@](CF)(c2cc(Nc3nccc4cc(Cl)cnc34)ccc2Cl)[C@H]2C[C@H]2O1. The Labute approximate surface area is 175 Å². The standard InChI is InChI=1S/C20H16Cl2FN5O/c21-11-5-10-3-4-25-18(17(10)26-8-11)27-12-1-2-15(22)13(6-12)20(9-23)14-7-16(14)29-19(24)28-20/h1-6,8,14,16H,7,9H2,(H2,24,28)(H,25,27)/t14-,16+,20+/m0/s1. The van der Waals surface area contributed by atoms with E-state index in [2.05, 4.69) is 20.3 Å². The first-order valence-corrected chi connectivity index (χ1v) is 9.81. The molecule has 3 heterocycles. The predicted octanol–water partition coefficient (Wildman–Crippen LogP) is 4.58. The van der Waals surface area contributed by atoms with Gasteiger partial charge in [-0.25, -0.2) is 14.4 Å². The lowest BCUT2D eigenvalue weighted by atomic mass is 9.85. The number of nitrogens with one attached hydrogen (secondary N) is 1. The van der Waals surface area contributed by atoms with Crippen LogP contribution in [0.1, 0.15) is 12.0 Å². The maximum absolute atomic E-state index is 14.3. The second kappa shape index (κ2) is 6.71. The summed E-state index contributed by atoms with van der Waals surface area (Å²) >= 11 is 12.5. The molecular formula is C20H16Cl2FN5O. The normalized spacial score (nSPS) is 25.1. The molecule has 1 aromatic carbocycles. The van der Waals surface area contributed by atoms with Gasteiger partial charge in [-0.15, -0.1) is 0 Å². The van der Waals surface area contributed by atoms with Gasteiger partial charge in [0.25, 0.3) is 6.02 Å². The van der Waals surface area contributed by atoms with Gasteiger partial charge in [-0.05, 0) is 36.8 Å². The number of benzene rings is 1. The Bertz CT molecular complexity index is 1160. The van der Waals surface area contributed by atoms with Crippen LogP contribution in [0.3, 0.4) is 0 Å². The van der Waals surface area contributed by atoms with Crippen molar-refractivity contribution in [2.45, 2.75) is 18.1 Å². The van der Waals surface area contributed by atoms with Gasteiger partial charge in [0.2, 0.25) is 0 Å². The third-order valence-corrected chi connectivity index (χ3v) is 5.93. The molecule has 0 radical (unpaired) electrons. The lowest BCUT2D eigenvalue weighted by Crippen LogP contribution is -2.39. The van der Waals surface area contributed by atoms with Gasteiger partial charge in [0.15, 0.2) is 5.82 Å². The molecule has 0 saturated heterocycles. The number of hydrogen-bond acceptors (Lipinski definition) is 6. The van der Waals surface area contributed by atoms with Crippen molar-refractivity contribution >= 4 is 51.6 Å². The molecule has 2 aromatic heterocycles. The smallest absolute Gasteiger partial charge is 0.283 e. The van der Waals surface area contributed by atoms with Crippen molar-refractivity contribution in [1.29, 1.82) is 0 Å². The minimum absolute atomic E-state index is 0.00683. The van der Waals surface area contributed by atoms with Crippen LogP contribution in [-0.2, 0) is 10.3 Å². The van der Waals surface area contributed by atoms with E-state index in [1.165, 1.54) is 0 Å². The van der Waals surface area contributed by atoms with Crippen molar-refractivity contribution < 1.29 is 9.13 Å². The van der Waals surface area contributed by atoms with Crippen LogP contribution in [0.2, 0.25) is 10.0 Å². The van der Waals surface area contributed by atoms with Crippen LogP contribution in [0.5, 0.6) is 0 Å². The minimum atomic E-state index is -1.14. The predicted molar refractivity (Wildman–Crippen MR) is 112 cm³/mol. The maximum Gasteiger partial charge on any atom is 0.283 e. The van der Waals surface area contributed by atoms with Crippen molar-refractivity contribution in [3.63, 3.8) is 0 Å². The van der Waals surface area contributed by atoms with E-state index >= 15 is 0 Å². The molecule has 3 N–H and O–H groups in total. The molecule has 3 atom stereocenters. The maximum atomic E-state index is 14.3. The fourth-order valence-electron chi connectivity index (χ4n) is 3.92. The summed E-state index contributed by atoms with van der Waals surface area (Å²) in [4.78, 5) is 13.1. The van der Waals surface area contributed by atoms with Gasteiger partial charge in [-0.3, -0.25) is 4.98 Å². The molecule has 6 nitrogen and oxygen atoms in total. The van der Waals surface area contributed by atoms with Crippen molar-refractivity contribution in [2.24, 2.45) is 16.6 Å².